The molecule has 0 aliphatic heterocycles. The summed E-state index contributed by atoms with van der Waals surface area (Å²) in [4.78, 5) is 19.6. The van der Waals surface area contributed by atoms with Crippen molar-refractivity contribution in [2.24, 2.45) is 0 Å². The Labute approximate surface area is 113 Å². The predicted molar refractivity (Wildman–Crippen MR) is 57.1 cm³/mol. The number of carboxylic acids is 2. The molecule has 0 aromatic carbocycles. The zero-order valence-electron chi connectivity index (χ0n) is 10.3. The van der Waals surface area contributed by atoms with Crippen LogP contribution in [0.1, 0.15) is 39.5 Å². The van der Waals surface area contributed by atoms with E-state index in [0.717, 1.165) is 0 Å². The second-order valence-electron chi connectivity index (χ2n) is 3.32. The predicted octanol–water partition coefficient (Wildman–Crippen LogP) is 0.462. The minimum absolute atomic E-state index is 0. The van der Waals surface area contributed by atoms with Gasteiger partial charge in [0.15, 0.2) is 0 Å². The van der Waals surface area contributed by atoms with Crippen LogP contribution in [0.25, 0.3) is 0 Å². The van der Waals surface area contributed by atoms with E-state index in [-0.39, 0.29) is 32.3 Å². The Kier molecular flexibility index (Phi) is 17.3. The van der Waals surface area contributed by atoms with E-state index in [4.69, 9.17) is 20.4 Å². The molecule has 0 saturated carbocycles. The first-order valence-electron chi connectivity index (χ1n) is 5.13. The maximum Gasteiger partial charge on any atom is 0.305 e. The summed E-state index contributed by atoms with van der Waals surface area (Å²) in [5, 5.41) is 33.4. The average Bonchev–Trinajstić information content (AvgIpc) is 2.16. The number of aliphatic hydroxyl groups is 2. The second kappa shape index (κ2) is 13.5. The monoisotopic (exact) mass is 300 g/mol. The minimum atomic E-state index is -0.945. The first kappa shape index (κ1) is 21.7. The topological polar surface area (TPSA) is 115 Å². The minimum Gasteiger partial charge on any atom is -0.481 e. The van der Waals surface area contributed by atoms with Crippen molar-refractivity contribution in [1.82, 2.24) is 0 Å². The Morgan fingerprint density at radius 1 is 0.882 bits per heavy atom. The maximum absolute atomic E-state index is 9.81. The number of carbonyl (C=O) groups is 2. The number of carboxylic acid groups (broad SMARTS) is 2. The molecule has 0 amide bonds. The SMILES string of the molecule is CCC(O)CC(=O)O.CCC(O)CC(=O)O.[Zn]. The summed E-state index contributed by atoms with van der Waals surface area (Å²) < 4.78 is 0. The van der Waals surface area contributed by atoms with Gasteiger partial charge >= 0.3 is 11.9 Å². The van der Waals surface area contributed by atoms with Crippen LogP contribution in [0.3, 0.4) is 0 Å². The summed E-state index contributed by atoms with van der Waals surface area (Å²) >= 11 is 0. The van der Waals surface area contributed by atoms with Crippen molar-refractivity contribution in [3.63, 3.8) is 0 Å². The standard InChI is InChI=1S/2C5H10O3.Zn/c2*1-2-4(6)3-5(7)8;/h2*4,6H,2-3H2,1H3,(H,7,8);. The largest absolute Gasteiger partial charge is 0.481 e. The van der Waals surface area contributed by atoms with Crippen molar-refractivity contribution in [1.29, 1.82) is 0 Å². The Balaban J connectivity index is -0.000000218. The third-order valence-electron chi connectivity index (χ3n) is 1.76. The summed E-state index contributed by atoms with van der Waals surface area (Å²) in [5.74, 6) is -1.89. The van der Waals surface area contributed by atoms with E-state index in [2.05, 4.69) is 0 Å². The van der Waals surface area contributed by atoms with Gasteiger partial charge in [-0.15, -0.1) is 0 Å². The molecule has 0 aliphatic rings. The van der Waals surface area contributed by atoms with Gasteiger partial charge in [0.05, 0.1) is 25.0 Å². The molecular weight excluding hydrogens is 281 g/mol. The zero-order valence-corrected chi connectivity index (χ0v) is 13.3. The van der Waals surface area contributed by atoms with E-state index < -0.39 is 24.1 Å². The van der Waals surface area contributed by atoms with Crippen LogP contribution in [-0.4, -0.2) is 44.6 Å². The number of aliphatic carboxylic acids is 2. The van der Waals surface area contributed by atoms with Gasteiger partial charge in [-0.3, -0.25) is 9.59 Å². The van der Waals surface area contributed by atoms with Crippen LogP contribution in [0.15, 0.2) is 0 Å². The van der Waals surface area contributed by atoms with E-state index in [9.17, 15) is 9.59 Å². The van der Waals surface area contributed by atoms with Gasteiger partial charge in [-0.25, -0.2) is 0 Å². The zero-order chi connectivity index (χ0) is 13.1. The van der Waals surface area contributed by atoms with E-state index in [0.29, 0.717) is 12.8 Å². The van der Waals surface area contributed by atoms with Crippen LogP contribution in [0.2, 0.25) is 0 Å². The van der Waals surface area contributed by atoms with Gasteiger partial charge in [0.2, 0.25) is 0 Å². The smallest absolute Gasteiger partial charge is 0.305 e. The van der Waals surface area contributed by atoms with E-state index in [1.165, 1.54) is 0 Å². The van der Waals surface area contributed by atoms with Crippen molar-refractivity contribution in [3.8, 4) is 0 Å². The van der Waals surface area contributed by atoms with Crippen LogP contribution in [0.4, 0.5) is 0 Å². The molecule has 0 aliphatic carbocycles. The third kappa shape index (κ3) is 21.3. The number of hydrogen-bond donors (Lipinski definition) is 4. The van der Waals surface area contributed by atoms with Crippen molar-refractivity contribution in [2.75, 3.05) is 0 Å². The van der Waals surface area contributed by atoms with Crippen molar-refractivity contribution in [3.05, 3.63) is 0 Å². The van der Waals surface area contributed by atoms with Gasteiger partial charge in [0.1, 0.15) is 0 Å². The second-order valence-corrected chi connectivity index (χ2v) is 3.32. The van der Waals surface area contributed by atoms with Gasteiger partial charge in [-0.2, -0.15) is 0 Å². The summed E-state index contributed by atoms with van der Waals surface area (Å²) in [5.41, 5.74) is 0. The van der Waals surface area contributed by atoms with Gasteiger partial charge in [0, 0.05) is 19.5 Å². The van der Waals surface area contributed by atoms with Gasteiger partial charge in [-0.05, 0) is 12.8 Å². The van der Waals surface area contributed by atoms with Crippen LogP contribution in [-0.2, 0) is 29.1 Å². The molecular formula is C10H20O6Zn. The van der Waals surface area contributed by atoms with E-state index in [1.807, 2.05) is 0 Å². The Morgan fingerprint density at radius 2 is 1.12 bits per heavy atom. The van der Waals surface area contributed by atoms with Crippen LogP contribution >= 0.6 is 0 Å². The van der Waals surface area contributed by atoms with Crippen molar-refractivity contribution < 1.29 is 49.5 Å². The van der Waals surface area contributed by atoms with Crippen LogP contribution in [0.5, 0.6) is 0 Å². The summed E-state index contributed by atoms with van der Waals surface area (Å²) in [7, 11) is 0. The quantitative estimate of drug-likeness (QED) is 0.530. The average molecular weight is 302 g/mol. The molecule has 6 nitrogen and oxygen atoms in total. The molecule has 2 unspecified atom stereocenters. The van der Waals surface area contributed by atoms with Gasteiger partial charge in [-0.1, -0.05) is 13.8 Å². The van der Waals surface area contributed by atoms with Gasteiger partial charge in [0.25, 0.3) is 0 Å². The molecule has 0 bridgehead atoms. The molecule has 0 heterocycles. The first-order valence-corrected chi connectivity index (χ1v) is 5.13. The van der Waals surface area contributed by atoms with Crippen molar-refractivity contribution >= 4 is 11.9 Å². The molecule has 7 heteroatoms. The molecule has 0 aromatic rings. The molecule has 0 aromatic heterocycles. The summed E-state index contributed by atoms with van der Waals surface area (Å²) in [6.45, 7) is 3.49. The molecule has 4 N–H and O–H groups in total. The third-order valence-corrected chi connectivity index (χ3v) is 1.76. The van der Waals surface area contributed by atoms with Crippen molar-refractivity contribution in [2.45, 2.75) is 51.7 Å². The molecule has 17 heavy (non-hydrogen) atoms. The number of hydrogen-bond acceptors (Lipinski definition) is 4. The molecule has 0 spiro atoms. The first-order chi connectivity index (χ1) is 7.33. The summed E-state index contributed by atoms with van der Waals surface area (Å²) in [6, 6.07) is 0. The maximum atomic E-state index is 9.81. The van der Waals surface area contributed by atoms with Gasteiger partial charge < -0.3 is 20.4 Å². The molecule has 0 radical (unpaired) electrons. The molecule has 98 valence electrons. The Bertz CT molecular complexity index is 187. The van der Waals surface area contributed by atoms with Crippen LogP contribution in [0, 0.1) is 0 Å². The Hall–Kier alpha value is -0.517. The molecule has 2 atom stereocenters. The van der Waals surface area contributed by atoms with Crippen LogP contribution < -0.4 is 0 Å². The summed E-state index contributed by atoms with van der Waals surface area (Å²) in [6.07, 6.45) is -0.619. The fraction of sp³-hybridized carbons (Fsp3) is 0.800. The normalized spacial score (nSPS) is 12.5. The fourth-order valence-corrected chi connectivity index (χ4v) is 0.692. The fourth-order valence-electron chi connectivity index (χ4n) is 0.692. The number of rotatable bonds is 6. The Morgan fingerprint density at radius 3 is 1.18 bits per heavy atom. The van der Waals surface area contributed by atoms with E-state index in [1.54, 1.807) is 13.8 Å². The van der Waals surface area contributed by atoms with E-state index >= 15 is 0 Å². The molecule has 0 saturated heterocycles. The number of aliphatic hydroxyl groups excluding tert-OH is 2. The molecule has 0 fully saturated rings. The molecule has 0 rings (SSSR count).